The largest absolute Gasteiger partial charge is 2.00 e. The van der Waals surface area contributed by atoms with Crippen LogP contribution in [0.25, 0.3) is 0 Å². The first-order chi connectivity index (χ1) is 6.24. The molecule has 4 nitrogen and oxygen atoms in total. The maximum absolute atomic E-state index is 2.28. The standard InChI is InChI=1S/C9H16N4.2HI.Pt/c1-10-3-5-12(7-10)9-13-6-4-11(2)8-13;;;/h3-6H,7-9H2,1-2H3;2*1H;/q;;;+2/p-2. The second-order valence-electron chi connectivity index (χ2n) is 3.71. The molecule has 0 atom stereocenters. The van der Waals surface area contributed by atoms with Gasteiger partial charge in [0.15, 0.2) is 0 Å². The van der Waals surface area contributed by atoms with Gasteiger partial charge < -0.3 is 67.6 Å². The summed E-state index contributed by atoms with van der Waals surface area (Å²) in [4.78, 5) is 8.90. The van der Waals surface area contributed by atoms with E-state index in [1.807, 2.05) is 0 Å². The van der Waals surface area contributed by atoms with E-state index in [9.17, 15) is 0 Å². The second-order valence-corrected chi connectivity index (χ2v) is 3.71. The molecule has 16 heavy (non-hydrogen) atoms. The normalized spacial score (nSPS) is 17.1. The maximum atomic E-state index is 2.28. The third-order valence-corrected chi connectivity index (χ3v) is 2.24. The average Bonchev–Trinajstić information content (AvgIpc) is 2.62. The van der Waals surface area contributed by atoms with Gasteiger partial charge in [-0.15, -0.1) is 0 Å². The molecule has 0 radical (unpaired) electrons. The molecule has 0 spiro atoms. The first-order valence-electron chi connectivity index (χ1n) is 4.49. The number of nitrogens with zero attached hydrogens (tertiary/aromatic N) is 4. The van der Waals surface area contributed by atoms with E-state index in [2.05, 4.69) is 58.5 Å². The number of halogens is 2. The van der Waals surface area contributed by atoms with Crippen molar-refractivity contribution in [2.45, 2.75) is 0 Å². The van der Waals surface area contributed by atoms with Crippen molar-refractivity contribution in [2.24, 2.45) is 0 Å². The van der Waals surface area contributed by atoms with Crippen molar-refractivity contribution in [1.29, 1.82) is 0 Å². The Labute approximate surface area is 146 Å². The summed E-state index contributed by atoms with van der Waals surface area (Å²) in [6.45, 7) is 2.96. The van der Waals surface area contributed by atoms with Crippen LogP contribution >= 0.6 is 0 Å². The Balaban J connectivity index is 0. The minimum Gasteiger partial charge on any atom is -1.00 e. The van der Waals surface area contributed by atoms with E-state index < -0.39 is 0 Å². The van der Waals surface area contributed by atoms with Gasteiger partial charge in [0, 0.05) is 38.9 Å². The topological polar surface area (TPSA) is 13.0 Å². The summed E-state index contributed by atoms with van der Waals surface area (Å²) in [7, 11) is 4.17. The van der Waals surface area contributed by atoms with Crippen LogP contribution < -0.4 is 48.0 Å². The zero-order valence-electron chi connectivity index (χ0n) is 9.29. The molecular formula is C9H16I2N4Pt. The van der Waals surface area contributed by atoms with Gasteiger partial charge in [0.1, 0.15) is 0 Å². The van der Waals surface area contributed by atoms with Crippen molar-refractivity contribution in [1.82, 2.24) is 19.6 Å². The number of hydrogen-bond acceptors (Lipinski definition) is 4. The van der Waals surface area contributed by atoms with Gasteiger partial charge in [-0.3, -0.25) is 0 Å². The molecule has 2 rings (SSSR count). The Kier molecular flexibility index (Phi) is 10.6. The van der Waals surface area contributed by atoms with E-state index in [1.165, 1.54) is 0 Å². The van der Waals surface area contributed by atoms with Crippen LogP contribution in [0, 0.1) is 0 Å². The molecule has 0 aromatic carbocycles. The molecule has 0 fully saturated rings. The molecule has 0 bridgehead atoms. The van der Waals surface area contributed by atoms with Crippen LogP contribution in [0.3, 0.4) is 0 Å². The van der Waals surface area contributed by atoms with Crippen LogP contribution in [0.1, 0.15) is 0 Å². The minimum absolute atomic E-state index is 0. The predicted octanol–water partition coefficient (Wildman–Crippen LogP) is -5.70. The van der Waals surface area contributed by atoms with Gasteiger partial charge >= 0.3 is 21.1 Å². The summed E-state index contributed by atoms with van der Waals surface area (Å²) in [5, 5.41) is 0. The molecule has 96 valence electrons. The van der Waals surface area contributed by atoms with E-state index in [4.69, 9.17) is 0 Å². The van der Waals surface area contributed by atoms with Crippen molar-refractivity contribution in [3.8, 4) is 0 Å². The Morgan fingerprint density at radius 1 is 0.812 bits per heavy atom. The molecule has 0 amide bonds. The van der Waals surface area contributed by atoms with Crippen molar-refractivity contribution < 1.29 is 69.0 Å². The summed E-state index contributed by atoms with van der Waals surface area (Å²) in [6.07, 6.45) is 8.46. The van der Waals surface area contributed by atoms with Crippen molar-refractivity contribution in [2.75, 3.05) is 34.1 Å². The van der Waals surface area contributed by atoms with E-state index in [-0.39, 0.29) is 69.0 Å². The molecule has 2 aliphatic rings. The number of hydrogen-bond donors (Lipinski definition) is 0. The Hall–Kier alpha value is 0.828. The van der Waals surface area contributed by atoms with Gasteiger partial charge in [0.2, 0.25) is 0 Å². The molecule has 0 unspecified atom stereocenters. The second kappa shape index (κ2) is 8.85. The molecule has 2 aliphatic heterocycles. The summed E-state index contributed by atoms with van der Waals surface area (Å²) < 4.78 is 0. The molecular weight excluding hydrogens is 613 g/mol. The average molecular weight is 629 g/mol. The van der Waals surface area contributed by atoms with Crippen molar-refractivity contribution >= 4 is 0 Å². The Bertz CT molecular complexity index is 226. The minimum atomic E-state index is 0. The van der Waals surface area contributed by atoms with Crippen LogP contribution in [-0.4, -0.2) is 53.7 Å². The van der Waals surface area contributed by atoms with Crippen LogP contribution in [0.15, 0.2) is 24.8 Å². The van der Waals surface area contributed by atoms with E-state index >= 15 is 0 Å². The van der Waals surface area contributed by atoms with Crippen LogP contribution in [0.4, 0.5) is 0 Å². The molecule has 0 aliphatic carbocycles. The van der Waals surface area contributed by atoms with Gasteiger partial charge in [-0.05, 0) is 0 Å². The summed E-state index contributed by atoms with van der Waals surface area (Å²) in [5.74, 6) is 0. The molecule has 0 aromatic rings. The Morgan fingerprint density at radius 3 is 1.44 bits per heavy atom. The van der Waals surface area contributed by atoms with Crippen LogP contribution in [0.5, 0.6) is 0 Å². The van der Waals surface area contributed by atoms with Gasteiger partial charge in [0.25, 0.3) is 0 Å². The van der Waals surface area contributed by atoms with Crippen molar-refractivity contribution in [3.63, 3.8) is 0 Å². The smallest absolute Gasteiger partial charge is 1.00 e. The fourth-order valence-corrected chi connectivity index (χ4v) is 1.59. The zero-order chi connectivity index (χ0) is 9.26. The molecule has 0 saturated carbocycles. The molecule has 0 aromatic heterocycles. The van der Waals surface area contributed by atoms with Gasteiger partial charge in [0.05, 0.1) is 20.0 Å². The third-order valence-electron chi connectivity index (χ3n) is 2.24. The summed E-state index contributed by atoms with van der Waals surface area (Å²) >= 11 is 0. The molecule has 0 saturated heterocycles. The van der Waals surface area contributed by atoms with Crippen molar-refractivity contribution in [3.05, 3.63) is 24.8 Å². The fourth-order valence-electron chi connectivity index (χ4n) is 1.59. The molecule has 7 heteroatoms. The molecule has 2 heterocycles. The SMILES string of the molecule is CN1C=CN(CN2C=CN(C)C2)C1.[I-].[I-].[Pt+2]. The van der Waals surface area contributed by atoms with E-state index in [0.29, 0.717) is 0 Å². The maximum Gasteiger partial charge on any atom is 2.00 e. The summed E-state index contributed by atoms with van der Waals surface area (Å²) in [5.41, 5.74) is 0. The molecule has 0 N–H and O–H groups in total. The van der Waals surface area contributed by atoms with Gasteiger partial charge in [-0.2, -0.15) is 0 Å². The zero-order valence-corrected chi connectivity index (χ0v) is 15.9. The van der Waals surface area contributed by atoms with Crippen LogP contribution in [0.2, 0.25) is 0 Å². The number of rotatable bonds is 2. The monoisotopic (exact) mass is 629 g/mol. The van der Waals surface area contributed by atoms with E-state index in [1.54, 1.807) is 0 Å². The summed E-state index contributed by atoms with van der Waals surface area (Å²) in [6, 6.07) is 0. The van der Waals surface area contributed by atoms with Gasteiger partial charge in [-0.1, -0.05) is 0 Å². The Morgan fingerprint density at radius 2 is 1.19 bits per heavy atom. The quantitative estimate of drug-likeness (QED) is 0.283. The predicted molar refractivity (Wildman–Crippen MR) is 52.1 cm³/mol. The first kappa shape index (κ1) is 19.2. The fraction of sp³-hybridized carbons (Fsp3) is 0.556. The third kappa shape index (κ3) is 5.44. The van der Waals surface area contributed by atoms with Gasteiger partial charge in [-0.25, -0.2) is 0 Å². The van der Waals surface area contributed by atoms with E-state index in [0.717, 1.165) is 20.0 Å². The van der Waals surface area contributed by atoms with Crippen LogP contribution in [-0.2, 0) is 21.1 Å². The first-order valence-corrected chi connectivity index (χ1v) is 4.49.